The van der Waals surface area contributed by atoms with Gasteiger partial charge in [-0.25, -0.2) is 0 Å². The molecule has 0 saturated carbocycles. The number of allylic oxidation sites excluding steroid dienone is 1. The minimum absolute atomic E-state index is 0.0751. The zero-order valence-electron chi connectivity index (χ0n) is 24.2. The number of methoxy groups -OCH3 is 1. The lowest BCUT2D eigenvalue weighted by Crippen LogP contribution is -2.27. The predicted octanol–water partition coefficient (Wildman–Crippen LogP) is 8.04. The molecule has 2 atom stereocenters. The summed E-state index contributed by atoms with van der Waals surface area (Å²) in [5.74, 6) is 2.33. The standard InChI is InChI=1S/C36H36N2O4/c1-23(2)42-28-16-13-25(14-17-28)27-19-31-35(32(39)20-27)36(38-30-12-8-7-11-29(30)37-31)26-15-18-33(34(21-26)40-3)41-22-24-9-5-4-6-10-24/h4-18,21,23,27,36-38H,19-20,22H2,1-3H3. The molecule has 6 rings (SSSR count). The van der Waals surface area contributed by atoms with Crippen molar-refractivity contribution in [3.63, 3.8) is 0 Å². The molecule has 1 heterocycles. The van der Waals surface area contributed by atoms with E-state index in [0.717, 1.165) is 51.5 Å². The number of anilines is 2. The summed E-state index contributed by atoms with van der Waals surface area (Å²) in [6.07, 6.45) is 1.28. The number of ketones is 1. The molecule has 0 spiro atoms. The monoisotopic (exact) mass is 560 g/mol. The van der Waals surface area contributed by atoms with Crippen LogP contribution in [0.1, 0.15) is 55.3 Å². The number of ether oxygens (including phenoxy) is 3. The second kappa shape index (κ2) is 12.0. The summed E-state index contributed by atoms with van der Waals surface area (Å²) >= 11 is 0. The van der Waals surface area contributed by atoms with Gasteiger partial charge in [-0.3, -0.25) is 4.79 Å². The number of hydrogen-bond donors (Lipinski definition) is 2. The van der Waals surface area contributed by atoms with E-state index in [0.29, 0.717) is 24.5 Å². The van der Waals surface area contributed by atoms with Gasteiger partial charge in [0.25, 0.3) is 0 Å². The third-order valence-corrected chi connectivity index (χ3v) is 7.79. The van der Waals surface area contributed by atoms with Crippen LogP contribution in [0.4, 0.5) is 11.4 Å². The van der Waals surface area contributed by atoms with Crippen molar-refractivity contribution in [3.8, 4) is 17.2 Å². The van der Waals surface area contributed by atoms with Crippen molar-refractivity contribution in [2.45, 2.75) is 51.4 Å². The normalized spacial score (nSPS) is 17.9. The van der Waals surface area contributed by atoms with Crippen LogP contribution < -0.4 is 24.8 Å². The highest BCUT2D eigenvalue weighted by Crippen LogP contribution is 2.45. The molecule has 0 saturated heterocycles. The molecule has 0 aromatic heterocycles. The molecule has 1 aliphatic heterocycles. The quantitative estimate of drug-likeness (QED) is 0.227. The SMILES string of the molecule is COc1cc(C2Nc3ccccc3NC3=C2C(=O)CC(c2ccc(OC(C)C)cc2)C3)ccc1OCc1ccccc1. The van der Waals surface area contributed by atoms with Crippen LogP contribution in [-0.4, -0.2) is 19.0 Å². The molecule has 4 aromatic rings. The molecule has 214 valence electrons. The van der Waals surface area contributed by atoms with E-state index in [2.05, 4.69) is 22.8 Å². The van der Waals surface area contributed by atoms with Crippen molar-refractivity contribution in [1.29, 1.82) is 0 Å². The molecule has 2 unspecified atom stereocenters. The van der Waals surface area contributed by atoms with Crippen LogP contribution in [0, 0.1) is 0 Å². The minimum Gasteiger partial charge on any atom is -0.493 e. The molecular weight excluding hydrogens is 524 g/mol. The maximum Gasteiger partial charge on any atom is 0.163 e. The third kappa shape index (κ3) is 5.84. The van der Waals surface area contributed by atoms with E-state index in [1.165, 1.54) is 0 Å². The number of carbonyl (C=O) groups excluding carboxylic acids is 1. The number of nitrogens with one attached hydrogen (secondary N) is 2. The van der Waals surface area contributed by atoms with Crippen molar-refractivity contribution in [2.24, 2.45) is 0 Å². The molecule has 0 radical (unpaired) electrons. The van der Waals surface area contributed by atoms with E-state index in [4.69, 9.17) is 14.2 Å². The van der Waals surface area contributed by atoms with Crippen molar-refractivity contribution < 1.29 is 19.0 Å². The molecule has 2 aliphatic rings. The lowest BCUT2D eigenvalue weighted by molar-refractivity contribution is -0.116. The topological polar surface area (TPSA) is 68.8 Å². The van der Waals surface area contributed by atoms with E-state index in [-0.39, 0.29) is 23.8 Å². The van der Waals surface area contributed by atoms with Crippen LogP contribution in [0.15, 0.2) is 108 Å². The molecule has 42 heavy (non-hydrogen) atoms. The summed E-state index contributed by atoms with van der Waals surface area (Å²) in [6.45, 7) is 4.47. The van der Waals surface area contributed by atoms with Gasteiger partial charge in [0, 0.05) is 17.7 Å². The van der Waals surface area contributed by atoms with Gasteiger partial charge >= 0.3 is 0 Å². The summed E-state index contributed by atoms with van der Waals surface area (Å²) in [7, 11) is 1.64. The Kier molecular flexibility index (Phi) is 7.87. The Labute approximate surface area is 247 Å². The molecule has 6 heteroatoms. The molecule has 0 fully saturated rings. The number of fused-ring (bicyclic) bond motifs is 1. The molecule has 0 bridgehead atoms. The first-order valence-electron chi connectivity index (χ1n) is 14.5. The maximum atomic E-state index is 14.0. The Morgan fingerprint density at radius 3 is 2.26 bits per heavy atom. The van der Waals surface area contributed by atoms with E-state index in [1.807, 2.05) is 98.8 Å². The Balaban J connectivity index is 1.32. The van der Waals surface area contributed by atoms with Crippen LogP contribution >= 0.6 is 0 Å². The largest absolute Gasteiger partial charge is 0.493 e. The number of benzene rings is 4. The van der Waals surface area contributed by atoms with Gasteiger partial charge in [0.05, 0.1) is 30.6 Å². The van der Waals surface area contributed by atoms with Crippen LogP contribution in [0.2, 0.25) is 0 Å². The van der Waals surface area contributed by atoms with Crippen molar-refractivity contribution >= 4 is 17.2 Å². The molecule has 4 aromatic carbocycles. The van der Waals surface area contributed by atoms with Crippen LogP contribution in [0.3, 0.4) is 0 Å². The summed E-state index contributed by atoms with van der Waals surface area (Å²) in [5, 5.41) is 7.28. The molecule has 6 nitrogen and oxygen atoms in total. The van der Waals surface area contributed by atoms with Gasteiger partial charge in [0.1, 0.15) is 12.4 Å². The Morgan fingerprint density at radius 1 is 0.810 bits per heavy atom. The number of carbonyl (C=O) groups is 1. The van der Waals surface area contributed by atoms with Crippen LogP contribution in [0.25, 0.3) is 0 Å². The van der Waals surface area contributed by atoms with Gasteiger partial charge in [-0.2, -0.15) is 0 Å². The van der Waals surface area contributed by atoms with Gasteiger partial charge in [0.15, 0.2) is 17.3 Å². The third-order valence-electron chi connectivity index (χ3n) is 7.79. The number of Topliss-reactive ketones (excluding diaryl/α,β-unsaturated/α-hetero) is 1. The van der Waals surface area contributed by atoms with E-state index >= 15 is 0 Å². The number of rotatable bonds is 8. The summed E-state index contributed by atoms with van der Waals surface area (Å²) in [6, 6.07) is 31.9. The fourth-order valence-electron chi connectivity index (χ4n) is 5.79. The summed E-state index contributed by atoms with van der Waals surface area (Å²) in [5.41, 5.74) is 6.77. The average molecular weight is 561 g/mol. The van der Waals surface area contributed by atoms with Crippen molar-refractivity contribution in [3.05, 3.63) is 125 Å². The zero-order chi connectivity index (χ0) is 29.1. The number of hydrogen-bond acceptors (Lipinski definition) is 6. The molecule has 2 N–H and O–H groups in total. The highest BCUT2D eigenvalue weighted by molar-refractivity contribution is 6.01. The fraction of sp³-hybridized carbons (Fsp3) is 0.250. The summed E-state index contributed by atoms with van der Waals surface area (Å²) < 4.78 is 17.7. The van der Waals surface area contributed by atoms with Crippen molar-refractivity contribution in [1.82, 2.24) is 0 Å². The first-order chi connectivity index (χ1) is 20.5. The maximum absolute atomic E-state index is 14.0. The highest BCUT2D eigenvalue weighted by Gasteiger charge is 2.36. The second-order valence-electron chi connectivity index (χ2n) is 11.1. The molecule has 1 aliphatic carbocycles. The van der Waals surface area contributed by atoms with Crippen molar-refractivity contribution in [2.75, 3.05) is 17.7 Å². The van der Waals surface area contributed by atoms with Gasteiger partial charge in [-0.15, -0.1) is 0 Å². The summed E-state index contributed by atoms with van der Waals surface area (Å²) in [4.78, 5) is 14.0. The lowest BCUT2D eigenvalue weighted by atomic mass is 9.78. The minimum atomic E-state index is -0.344. The van der Waals surface area contributed by atoms with Gasteiger partial charge in [-0.05, 0) is 79.3 Å². The predicted molar refractivity (Wildman–Crippen MR) is 166 cm³/mol. The van der Waals surface area contributed by atoms with E-state index < -0.39 is 0 Å². The Hall–Kier alpha value is -4.71. The first-order valence-corrected chi connectivity index (χ1v) is 14.5. The van der Waals surface area contributed by atoms with Gasteiger partial charge in [0.2, 0.25) is 0 Å². The van der Waals surface area contributed by atoms with Gasteiger partial charge < -0.3 is 24.8 Å². The van der Waals surface area contributed by atoms with Crippen LogP contribution in [0.5, 0.6) is 17.2 Å². The highest BCUT2D eigenvalue weighted by atomic mass is 16.5. The number of para-hydroxylation sites is 2. The molecule has 0 amide bonds. The smallest absolute Gasteiger partial charge is 0.163 e. The Morgan fingerprint density at radius 2 is 1.52 bits per heavy atom. The van der Waals surface area contributed by atoms with E-state index in [1.54, 1.807) is 7.11 Å². The molecular formula is C36H36N2O4. The van der Waals surface area contributed by atoms with E-state index in [9.17, 15) is 4.79 Å². The fourth-order valence-corrected chi connectivity index (χ4v) is 5.79. The van der Waals surface area contributed by atoms with Gasteiger partial charge in [-0.1, -0.05) is 60.7 Å². The van der Waals surface area contributed by atoms with Crippen LogP contribution in [-0.2, 0) is 11.4 Å². The first kappa shape index (κ1) is 27.5. The average Bonchev–Trinajstić information content (AvgIpc) is 3.17. The lowest BCUT2D eigenvalue weighted by Gasteiger charge is -2.30. The zero-order valence-corrected chi connectivity index (χ0v) is 24.2. The second-order valence-corrected chi connectivity index (χ2v) is 11.1. The Bertz CT molecular complexity index is 1590.